The number of likely N-dealkylation sites (tertiary alicyclic amines) is 2. The van der Waals surface area contributed by atoms with Crippen LogP contribution in [0.2, 0.25) is 0 Å². The molecular weight excluding hydrogens is 549 g/mol. The van der Waals surface area contributed by atoms with Crippen molar-refractivity contribution < 1.29 is 32.7 Å². The van der Waals surface area contributed by atoms with Crippen LogP contribution in [-0.2, 0) is 27.6 Å². The molecule has 2 saturated heterocycles. The molecular formula is C31H35F3N4O4. The summed E-state index contributed by atoms with van der Waals surface area (Å²) in [6.45, 7) is 2.76. The summed E-state index contributed by atoms with van der Waals surface area (Å²) in [7, 11) is 0. The number of carbonyl (C=O) groups excluding carboxylic acids is 2. The Morgan fingerprint density at radius 3 is 2.48 bits per heavy atom. The maximum Gasteiger partial charge on any atom is 0.418 e. The summed E-state index contributed by atoms with van der Waals surface area (Å²) in [5.74, 6) is -2.47. The Hall–Kier alpha value is -3.94. The number of hydrogen-bond donors (Lipinski definition) is 1. The Labute approximate surface area is 243 Å². The zero-order valence-electron chi connectivity index (χ0n) is 23.6. The second kappa shape index (κ2) is 12.9. The second-order valence-corrected chi connectivity index (χ2v) is 11.1. The van der Waals surface area contributed by atoms with Crippen LogP contribution in [0.4, 0.5) is 13.2 Å². The number of aromatic nitrogens is 1. The van der Waals surface area contributed by atoms with E-state index in [1.807, 2.05) is 31.2 Å². The van der Waals surface area contributed by atoms with Gasteiger partial charge in [0.05, 0.1) is 23.0 Å². The van der Waals surface area contributed by atoms with E-state index in [-0.39, 0.29) is 18.9 Å². The molecule has 2 aliphatic heterocycles. The van der Waals surface area contributed by atoms with E-state index < -0.39 is 46.7 Å². The topological polar surface area (TPSA) is 115 Å². The number of rotatable bonds is 8. The van der Waals surface area contributed by atoms with Gasteiger partial charge in [0.1, 0.15) is 5.69 Å². The van der Waals surface area contributed by atoms with Gasteiger partial charge in [-0.15, -0.1) is 0 Å². The lowest BCUT2D eigenvalue weighted by molar-refractivity contribution is -0.141. The summed E-state index contributed by atoms with van der Waals surface area (Å²) in [6.07, 6.45) is -0.497. The highest BCUT2D eigenvalue weighted by molar-refractivity contribution is 5.95. The first kappa shape index (κ1) is 31.0. The van der Waals surface area contributed by atoms with Gasteiger partial charge in [-0.3, -0.25) is 19.4 Å². The van der Waals surface area contributed by atoms with E-state index in [1.165, 1.54) is 11.1 Å². The number of carbonyl (C=O) groups is 3. The van der Waals surface area contributed by atoms with Crippen LogP contribution in [0.15, 0.2) is 42.6 Å². The minimum atomic E-state index is -4.74. The Kier molecular flexibility index (Phi) is 9.54. The molecule has 2 aliphatic rings. The Balaban J connectivity index is 1.53. The van der Waals surface area contributed by atoms with Crippen LogP contribution in [-0.4, -0.2) is 63.4 Å². The SMILES string of the molecule is CCCC1C(C(=O)N2CCC(C#N)(c3ccccc3CCC(=O)O)CC2)CCCN1C(=O)c1ncccc1C(F)(F)F. The molecule has 1 N–H and O–H groups in total. The number of pyridine rings is 1. The van der Waals surface area contributed by atoms with Crippen molar-refractivity contribution in [2.75, 3.05) is 19.6 Å². The third-order valence-corrected chi connectivity index (χ3v) is 8.54. The third-order valence-electron chi connectivity index (χ3n) is 8.54. The quantitative estimate of drug-likeness (QED) is 0.455. The lowest BCUT2D eigenvalue weighted by Crippen LogP contribution is -2.55. The number of benzene rings is 1. The fourth-order valence-electron chi connectivity index (χ4n) is 6.42. The highest BCUT2D eigenvalue weighted by Gasteiger charge is 2.45. The highest BCUT2D eigenvalue weighted by atomic mass is 19.4. The molecule has 0 bridgehead atoms. The average molecular weight is 585 g/mol. The summed E-state index contributed by atoms with van der Waals surface area (Å²) < 4.78 is 41.0. The molecule has 2 amide bonds. The summed E-state index contributed by atoms with van der Waals surface area (Å²) in [4.78, 5) is 45.4. The number of amides is 2. The van der Waals surface area contributed by atoms with E-state index >= 15 is 0 Å². The van der Waals surface area contributed by atoms with Crippen molar-refractivity contribution in [3.05, 3.63) is 65.0 Å². The number of aliphatic carboxylic acids is 1. The monoisotopic (exact) mass is 584 g/mol. The average Bonchev–Trinajstić information content (AvgIpc) is 2.99. The molecule has 0 aliphatic carbocycles. The molecule has 224 valence electrons. The molecule has 11 heteroatoms. The van der Waals surface area contributed by atoms with Gasteiger partial charge >= 0.3 is 12.1 Å². The second-order valence-electron chi connectivity index (χ2n) is 11.1. The van der Waals surface area contributed by atoms with Crippen LogP contribution in [0.3, 0.4) is 0 Å². The summed E-state index contributed by atoms with van der Waals surface area (Å²) in [5, 5.41) is 19.4. The van der Waals surface area contributed by atoms with Gasteiger partial charge in [-0.05, 0) is 61.8 Å². The number of carboxylic acid groups (broad SMARTS) is 1. The molecule has 0 spiro atoms. The molecule has 2 atom stereocenters. The minimum Gasteiger partial charge on any atom is -0.481 e. The fraction of sp³-hybridized carbons (Fsp3) is 0.516. The summed E-state index contributed by atoms with van der Waals surface area (Å²) in [6, 6.07) is 11.2. The Bertz CT molecular complexity index is 1350. The van der Waals surface area contributed by atoms with Crippen LogP contribution < -0.4 is 0 Å². The molecule has 1 aromatic heterocycles. The number of nitriles is 1. The highest BCUT2D eigenvalue weighted by Crippen LogP contribution is 2.39. The van der Waals surface area contributed by atoms with Gasteiger partial charge in [0.2, 0.25) is 5.91 Å². The molecule has 2 fully saturated rings. The van der Waals surface area contributed by atoms with Crippen LogP contribution in [0, 0.1) is 17.2 Å². The zero-order valence-corrected chi connectivity index (χ0v) is 23.6. The number of hydrogen-bond acceptors (Lipinski definition) is 5. The number of carboxylic acids is 1. The van der Waals surface area contributed by atoms with Gasteiger partial charge in [0.25, 0.3) is 5.91 Å². The fourth-order valence-corrected chi connectivity index (χ4v) is 6.42. The van der Waals surface area contributed by atoms with Crippen molar-refractivity contribution in [2.24, 2.45) is 5.92 Å². The first-order valence-electron chi connectivity index (χ1n) is 14.4. The standard InChI is InChI=1S/C31H35F3N4O4/c1-2-7-25-22(9-6-17-38(25)29(42)27-24(31(32,33)34)11-5-16-36-27)28(41)37-18-14-30(20-35,15-19-37)23-10-4-3-8-21(23)12-13-26(39)40/h3-5,8,10-11,16,22,25H,2,6-7,9,12-15,17-19H2,1H3,(H,39,40). The molecule has 3 heterocycles. The van der Waals surface area contributed by atoms with Gasteiger partial charge in [-0.2, -0.15) is 18.4 Å². The zero-order chi connectivity index (χ0) is 30.5. The number of aryl methyl sites for hydroxylation is 1. The molecule has 4 rings (SSSR count). The maximum atomic E-state index is 13.9. The van der Waals surface area contributed by atoms with E-state index in [0.717, 1.165) is 23.3 Å². The van der Waals surface area contributed by atoms with E-state index in [1.54, 1.807) is 4.90 Å². The molecule has 1 aromatic carbocycles. The van der Waals surface area contributed by atoms with Gasteiger partial charge in [0, 0.05) is 38.3 Å². The van der Waals surface area contributed by atoms with Crippen LogP contribution in [0.5, 0.6) is 0 Å². The predicted molar refractivity (Wildman–Crippen MR) is 147 cm³/mol. The van der Waals surface area contributed by atoms with E-state index in [9.17, 15) is 32.8 Å². The number of nitrogens with zero attached hydrogens (tertiary/aromatic N) is 4. The van der Waals surface area contributed by atoms with Crippen molar-refractivity contribution in [1.29, 1.82) is 5.26 Å². The van der Waals surface area contributed by atoms with Gasteiger partial charge in [-0.25, -0.2) is 0 Å². The summed E-state index contributed by atoms with van der Waals surface area (Å²) in [5.41, 5.74) is -1.02. The van der Waals surface area contributed by atoms with E-state index in [2.05, 4.69) is 11.1 Å². The van der Waals surface area contributed by atoms with Crippen LogP contribution >= 0.6 is 0 Å². The van der Waals surface area contributed by atoms with E-state index in [0.29, 0.717) is 58.0 Å². The minimum absolute atomic E-state index is 0.0538. The van der Waals surface area contributed by atoms with Crippen LogP contribution in [0.25, 0.3) is 0 Å². The Morgan fingerprint density at radius 2 is 1.83 bits per heavy atom. The molecule has 2 unspecified atom stereocenters. The summed E-state index contributed by atoms with van der Waals surface area (Å²) >= 11 is 0. The van der Waals surface area contributed by atoms with E-state index in [4.69, 9.17) is 5.11 Å². The molecule has 0 saturated carbocycles. The van der Waals surface area contributed by atoms with Crippen molar-refractivity contribution in [1.82, 2.24) is 14.8 Å². The molecule has 42 heavy (non-hydrogen) atoms. The molecule has 2 aromatic rings. The number of halogens is 3. The lowest BCUT2D eigenvalue weighted by Gasteiger charge is -2.44. The predicted octanol–water partition coefficient (Wildman–Crippen LogP) is 5.22. The van der Waals surface area contributed by atoms with Gasteiger partial charge < -0.3 is 14.9 Å². The lowest BCUT2D eigenvalue weighted by atomic mass is 9.71. The van der Waals surface area contributed by atoms with Crippen molar-refractivity contribution in [3.63, 3.8) is 0 Å². The molecule has 0 radical (unpaired) electrons. The molecule has 8 nitrogen and oxygen atoms in total. The first-order valence-corrected chi connectivity index (χ1v) is 14.4. The number of alkyl halides is 3. The van der Waals surface area contributed by atoms with Crippen LogP contribution in [0.1, 0.15) is 79.0 Å². The van der Waals surface area contributed by atoms with Crippen molar-refractivity contribution in [3.8, 4) is 6.07 Å². The normalized spacial score (nSPS) is 20.5. The third kappa shape index (κ3) is 6.42. The Morgan fingerprint density at radius 1 is 1.12 bits per heavy atom. The first-order chi connectivity index (χ1) is 20.0. The largest absolute Gasteiger partial charge is 0.481 e. The van der Waals surface area contributed by atoms with Crippen molar-refractivity contribution >= 4 is 17.8 Å². The smallest absolute Gasteiger partial charge is 0.418 e. The van der Waals surface area contributed by atoms with Gasteiger partial charge in [0.15, 0.2) is 0 Å². The maximum absolute atomic E-state index is 13.9. The number of piperidine rings is 2. The van der Waals surface area contributed by atoms with Gasteiger partial charge in [-0.1, -0.05) is 37.6 Å². The van der Waals surface area contributed by atoms with Crippen molar-refractivity contribution in [2.45, 2.75) is 75.9 Å².